The number of rotatable bonds is 9. The fourth-order valence-corrected chi connectivity index (χ4v) is 5.72. The Balaban J connectivity index is 1.87. The molecule has 3 aromatic carbocycles. The first-order valence-electron chi connectivity index (χ1n) is 11.2. The van der Waals surface area contributed by atoms with Gasteiger partial charge in [0.1, 0.15) is 0 Å². The van der Waals surface area contributed by atoms with Gasteiger partial charge in [-0.25, -0.2) is 0 Å². The Morgan fingerprint density at radius 2 is 1.38 bits per heavy atom. The van der Waals surface area contributed by atoms with Crippen LogP contribution in [0.1, 0.15) is 23.6 Å². The first-order valence-corrected chi connectivity index (χ1v) is 13.0. The summed E-state index contributed by atoms with van der Waals surface area (Å²) in [6, 6.07) is 14.0. The Kier molecular flexibility index (Phi) is 7.70. The number of hydrogen-bond donors (Lipinski definition) is 0. The van der Waals surface area contributed by atoms with E-state index in [0.717, 1.165) is 4.41 Å². The van der Waals surface area contributed by atoms with Crippen molar-refractivity contribution in [3.8, 4) is 28.7 Å². The van der Waals surface area contributed by atoms with Gasteiger partial charge >= 0.3 is 0 Å². The van der Waals surface area contributed by atoms with Crippen molar-refractivity contribution in [2.45, 2.75) is 17.4 Å². The van der Waals surface area contributed by atoms with Gasteiger partial charge in [0.2, 0.25) is 5.75 Å². The van der Waals surface area contributed by atoms with E-state index >= 15 is 0 Å². The van der Waals surface area contributed by atoms with Gasteiger partial charge in [0, 0.05) is 17.0 Å². The van der Waals surface area contributed by atoms with Crippen molar-refractivity contribution in [3.63, 3.8) is 0 Å². The second-order valence-electron chi connectivity index (χ2n) is 8.03. The standard InChI is InChI=1S/C26H27ClN2O7S/c1-32-22-11-6-16(12-23(22)33-2)20-15-21(17-13-24(34-3)26(36-5)25(14-17)35-4)29(28-20)37(30,31)19-9-7-18(27)8-10-19/h6-14,21H,15H2,1-5H3. The molecule has 0 saturated heterocycles. The zero-order valence-corrected chi connectivity index (χ0v) is 22.6. The third-order valence-electron chi connectivity index (χ3n) is 6.02. The number of methoxy groups -OCH3 is 5. The largest absolute Gasteiger partial charge is 0.493 e. The maximum atomic E-state index is 13.8. The van der Waals surface area contributed by atoms with Crippen molar-refractivity contribution in [2.24, 2.45) is 5.10 Å². The smallest absolute Gasteiger partial charge is 0.279 e. The molecule has 0 saturated carbocycles. The van der Waals surface area contributed by atoms with E-state index in [2.05, 4.69) is 5.10 Å². The van der Waals surface area contributed by atoms with E-state index in [1.807, 2.05) is 6.07 Å². The summed E-state index contributed by atoms with van der Waals surface area (Å²) in [4.78, 5) is 0.0617. The van der Waals surface area contributed by atoms with Crippen LogP contribution in [0.5, 0.6) is 28.7 Å². The average Bonchev–Trinajstić information content (AvgIpc) is 3.38. The van der Waals surface area contributed by atoms with E-state index in [1.165, 1.54) is 52.7 Å². The summed E-state index contributed by atoms with van der Waals surface area (Å²) in [6.45, 7) is 0. The first-order chi connectivity index (χ1) is 17.8. The fraction of sp³-hybridized carbons (Fsp3) is 0.269. The molecule has 1 aliphatic heterocycles. The molecular formula is C26H27ClN2O7S. The summed E-state index contributed by atoms with van der Waals surface area (Å²) in [5.41, 5.74) is 1.87. The number of sulfonamides is 1. The van der Waals surface area contributed by atoms with Crippen molar-refractivity contribution >= 4 is 27.3 Å². The van der Waals surface area contributed by atoms with Gasteiger partial charge in [-0.1, -0.05) is 11.6 Å². The SMILES string of the molecule is COc1ccc(C2=NN(S(=O)(=O)c3ccc(Cl)cc3)C(c3cc(OC)c(OC)c(OC)c3)C2)cc1OC. The lowest BCUT2D eigenvalue weighted by Gasteiger charge is -2.25. The molecule has 196 valence electrons. The third kappa shape index (κ3) is 4.99. The van der Waals surface area contributed by atoms with Crippen molar-refractivity contribution in [1.82, 2.24) is 4.41 Å². The van der Waals surface area contributed by atoms with Gasteiger partial charge in [0.25, 0.3) is 10.0 Å². The molecule has 1 heterocycles. The Bertz CT molecular complexity index is 1400. The van der Waals surface area contributed by atoms with Crippen LogP contribution >= 0.6 is 11.6 Å². The lowest BCUT2D eigenvalue weighted by molar-refractivity contribution is 0.319. The fourth-order valence-electron chi connectivity index (χ4n) is 4.16. The highest BCUT2D eigenvalue weighted by Crippen LogP contribution is 2.45. The number of hydrazone groups is 1. The quantitative estimate of drug-likeness (QED) is 0.376. The number of halogens is 1. The van der Waals surface area contributed by atoms with E-state index in [0.29, 0.717) is 50.6 Å². The van der Waals surface area contributed by atoms with Gasteiger partial charge in [0.15, 0.2) is 23.0 Å². The summed E-state index contributed by atoms with van der Waals surface area (Å²) in [7, 11) is 3.54. The van der Waals surface area contributed by atoms with Crippen LogP contribution in [0.4, 0.5) is 0 Å². The Morgan fingerprint density at radius 1 is 0.784 bits per heavy atom. The Hall–Kier alpha value is -3.63. The molecule has 37 heavy (non-hydrogen) atoms. The van der Waals surface area contributed by atoms with E-state index < -0.39 is 16.1 Å². The topological polar surface area (TPSA) is 95.9 Å². The summed E-state index contributed by atoms with van der Waals surface area (Å²) < 4.78 is 56.0. The number of ether oxygens (including phenoxy) is 5. The summed E-state index contributed by atoms with van der Waals surface area (Å²) >= 11 is 6.00. The van der Waals surface area contributed by atoms with E-state index in [9.17, 15) is 8.42 Å². The van der Waals surface area contributed by atoms with E-state index in [-0.39, 0.29) is 11.3 Å². The lowest BCUT2D eigenvalue weighted by Crippen LogP contribution is -2.27. The van der Waals surface area contributed by atoms with Crippen molar-refractivity contribution in [3.05, 3.63) is 70.7 Å². The molecule has 11 heteroatoms. The maximum absolute atomic E-state index is 13.8. The highest BCUT2D eigenvalue weighted by Gasteiger charge is 2.39. The van der Waals surface area contributed by atoms with Gasteiger partial charge in [-0.3, -0.25) is 0 Å². The normalized spacial score (nSPS) is 15.2. The lowest BCUT2D eigenvalue weighted by atomic mass is 9.98. The average molecular weight is 547 g/mol. The molecule has 0 spiro atoms. The summed E-state index contributed by atoms with van der Waals surface area (Å²) in [5, 5.41) is 5.02. The molecule has 3 aromatic rings. The molecular weight excluding hydrogens is 520 g/mol. The zero-order valence-electron chi connectivity index (χ0n) is 21.0. The minimum Gasteiger partial charge on any atom is -0.493 e. The highest BCUT2D eigenvalue weighted by atomic mass is 35.5. The zero-order chi connectivity index (χ0) is 26.7. The monoisotopic (exact) mass is 546 g/mol. The second-order valence-corrected chi connectivity index (χ2v) is 10.3. The molecule has 0 radical (unpaired) electrons. The van der Waals surface area contributed by atoms with Gasteiger partial charge in [-0.05, 0) is 60.2 Å². The van der Waals surface area contributed by atoms with Gasteiger partial charge in [-0.15, -0.1) is 0 Å². The third-order valence-corrected chi connectivity index (χ3v) is 7.97. The molecule has 0 aliphatic carbocycles. The van der Waals surface area contributed by atoms with Crippen LogP contribution in [0, 0.1) is 0 Å². The predicted molar refractivity (Wildman–Crippen MR) is 140 cm³/mol. The highest BCUT2D eigenvalue weighted by molar-refractivity contribution is 7.89. The van der Waals surface area contributed by atoms with Crippen LogP contribution in [0.2, 0.25) is 5.02 Å². The molecule has 1 aliphatic rings. The molecule has 0 bridgehead atoms. The van der Waals surface area contributed by atoms with Crippen LogP contribution in [0.3, 0.4) is 0 Å². The molecule has 9 nitrogen and oxygen atoms in total. The van der Waals surface area contributed by atoms with Crippen molar-refractivity contribution < 1.29 is 32.1 Å². The minimum atomic E-state index is -4.06. The van der Waals surface area contributed by atoms with Gasteiger partial charge < -0.3 is 23.7 Å². The van der Waals surface area contributed by atoms with E-state index in [1.54, 1.807) is 31.4 Å². The summed E-state index contributed by atoms with van der Waals surface area (Å²) in [6.07, 6.45) is 0.279. The molecule has 0 amide bonds. The van der Waals surface area contributed by atoms with Crippen LogP contribution in [0.25, 0.3) is 0 Å². The first kappa shape index (κ1) is 26.4. The van der Waals surface area contributed by atoms with Crippen LogP contribution in [-0.4, -0.2) is 54.1 Å². The van der Waals surface area contributed by atoms with Crippen LogP contribution < -0.4 is 23.7 Å². The second kappa shape index (κ2) is 10.8. The molecule has 4 rings (SSSR count). The summed E-state index contributed by atoms with van der Waals surface area (Å²) in [5.74, 6) is 2.27. The number of benzene rings is 3. The molecule has 0 N–H and O–H groups in total. The molecule has 0 fully saturated rings. The molecule has 1 unspecified atom stereocenters. The predicted octanol–water partition coefficient (Wildman–Crippen LogP) is 4.92. The van der Waals surface area contributed by atoms with Crippen LogP contribution in [-0.2, 0) is 10.0 Å². The Labute approximate surface area is 221 Å². The number of hydrogen-bond acceptors (Lipinski definition) is 8. The van der Waals surface area contributed by atoms with Crippen LogP contribution in [0.15, 0.2) is 64.6 Å². The van der Waals surface area contributed by atoms with Crippen molar-refractivity contribution in [1.29, 1.82) is 0 Å². The van der Waals surface area contributed by atoms with E-state index in [4.69, 9.17) is 35.3 Å². The molecule has 1 atom stereocenters. The van der Waals surface area contributed by atoms with Gasteiger partial charge in [0.05, 0.1) is 52.2 Å². The number of nitrogens with zero attached hydrogens (tertiary/aromatic N) is 2. The Morgan fingerprint density at radius 3 is 1.92 bits per heavy atom. The van der Waals surface area contributed by atoms with Gasteiger partial charge in [-0.2, -0.15) is 17.9 Å². The maximum Gasteiger partial charge on any atom is 0.279 e. The van der Waals surface area contributed by atoms with Crippen molar-refractivity contribution in [2.75, 3.05) is 35.5 Å². The molecule has 0 aromatic heterocycles. The minimum absolute atomic E-state index is 0.0617.